The molecular weight excluding hydrogens is 252 g/mol. The molecule has 5 nitrogen and oxygen atoms in total. The van der Waals surface area contributed by atoms with Crippen LogP contribution in [0.5, 0.6) is 0 Å². The van der Waals surface area contributed by atoms with E-state index in [0.29, 0.717) is 24.6 Å². The third-order valence-corrected chi connectivity index (χ3v) is 3.91. The molecule has 1 saturated carbocycles. The molecule has 1 aromatic carbocycles. The molecule has 1 aromatic rings. The number of aryl methyl sites for hydroxylation is 1. The Balaban J connectivity index is 1.92. The molecule has 2 aliphatic rings. The van der Waals surface area contributed by atoms with Crippen LogP contribution in [0.25, 0.3) is 0 Å². The first-order valence-corrected chi connectivity index (χ1v) is 7.05. The number of carbonyl (C=O) groups excluding carboxylic acids is 1. The number of hydrogen-bond donors (Lipinski definition) is 2. The van der Waals surface area contributed by atoms with Gasteiger partial charge in [-0.1, -0.05) is 0 Å². The molecule has 0 saturated heterocycles. The van der Waals surface area contributed by atoms with Crippen molar-refractivity contribution in [1.29, 1.82) is 5.26 Å². The summed E-state index contributed by atoms with van der Waals surface area (Å²) in [4.78, 5) is 13.7. The van der Waals surface area contributed by atoms with Gasteiger partial charge in [0.2, 0.25) is 5.91 Å². The van der Waals surface area contributed by atoms with Crippen molar-refractivity contribution in [2.45, 2.75) is 38.1 Å². The van der Waals surface area contributed by atoms with Gasteiger partial charge in [-0.05, 0) is 37.0 Å². The summed E-state index contributed by atoms with van der Waals surface area (Å²) in [5, 5.41) is 11.7. The lowest BCUT2D eigenvalue weighted by Crippen LogP contribution is -2.28. The van der Waals surface area contributed by atoms with Gasteiger partial charge in [0.1, 0.15) is 0 Å². The Morgan fingerprint density at radius 1 is 1.40 bits per heavy atom. The van der Waals surface area contributed by atoms with Crippen molar-refractivity contribution in [3.8, 4) is 6.07 Å². The number of nitriles is 1. The van der Waals surface area contributed by atoms with Crippen LogP contribution in [0.3, 0.4) is 0 Å². The molecule has 104 valence electrons. The highest BCUT2D eigenvalue weighted by molar-refractivity contribution is 5.95. The number of rotatable bonds is 4. The van der Waals surface area contributed by atoms with Gasteiger partial charge in [0.05, 0.1) is 23.9 Å². The van der Waals surface area contributed by atoms with E-state index in [0.717, 1.165) is 29.9 Å². The molecule has 0 spiro atoms. The van der Waals surface area contributed by atoms with E-state index >= 15 is 0 Å². The van der Waals surface area contributed by atoms with E-state index in [1.165, 1.54) is 12.8 Å². The fourth-order valence-electron chi connectivity index (χ4n) is 2.74. The zero-order valence-corrected chi connectivity index (χ0v) is 11.4. The van der Waals surface area contributed by atoms with Gasteiger partial charge in [-0.15, -0.1) is 0 Å². The molecule has 3 rings (SSSR count). The molecule has 0 aromatic heterocycles. The second kappa shape index (κ2) is 5.04. The molecule has 3 N–H and O–H groups in total. The lowest BCUT2D eigenvalue weighted by Gasteiger charge is -2.28. The second-order valence-electron chi connectivity index (χ2n) is 5.45. The van der Waals surface area contributed by atoms with Crippen LogP contribution >= 0.6 is 0 Å². The average Bonchev–Trinajstić information content (AvgIpc) is 3.24. The zero-order chi connectivity index (χ0) is 14.1. The maximum atomic E-state index is 11.4. The summed E-state index contributed by atoms with van der Waals surface area (Å²) in [6, 6.07) is 6.65. The number of nitrogens with zero attached hydrogens (tertiary/aromatic N) is 2. The molecule has 0 unspecified atom stereocenters. The van der Waals surface area contributed by atoms with Gasteiger partial charge in [-0.25, -0.2) is 0 Å². The van der Waals surface area contributed by atoms with Crippen LogP contribution in [0.15, 0.2) is 12.1 Å². The molecule has 1 aliphatic heterocycles. The number of nitrogens with two attached hydrogens (primary N) is 1. The van der Waals surface area contributed by atoms with E-state index in [2.05, 4.69) is 22.4 Å². The lowest BCUT2D eigenvalue weighted by molar-refractivity contribution is -0.116. The number of nitrogens with one attached hydrogen (secondary N) is 1. The second-order valence-corrected chi connectivity index (χ2v) is 5.45. The number of fused-ring (bicyclic) bond motifs is 1. The minimum atomic E-state index is 0.0492. The SMILES string of the molecule is N#CCCN(c1cc2c(cc1N)NC(=O)CC2)C1CC1. The first kappa shape index (κ1) is 12.8. The molecule has 1 fully saturated rings. The Bertz CT molecular complexity index is 586. The predicted molar refractivity (Wildman–Crippen MR) is 78.4 cm³/mol. The van der Waals surface area contributed by atoms with Crippen LogP contribution in [0.4, 0.5) is 17.1 Å². The van der Waals surface area contributed by atoms with Crippen LogP contribution in [-0.2, 0) is 11.2 Å². The Labute approximate surface area is 118 Å². The summed E-state index contributed by atoms with van der Waals surface area (Å²) in [6.07, 6.45) is 4.12. The van der Waals surface area contributed by atoms with Gasteiger partial charge in [-0.3, -0.25) is 4.79 Å². The van der Waals surface area contributed by atoms with Crippen LogP contribution in [0.1, 0.15) is 31.2 Å². The third kappa shape index (κ3) is 2.42. The highest BCUT2D eigenvalue weighted by atomic mass is 16.1. The third-order valence-electron chi connectivity index (χ3n) is 3.91. The number of benzene rings is 1. The van der Waals surface area contributed by atoms with Crippen molar-refractivity contribution in [2.75, 3.05) is 22.5 Å². The number of amides is 1. The quantitative estimate of drug-likeness (QED) is 0.820. The van der Waals surface area contributed by atoms with Crippen molar-refractivity contribution >= 4 is 23.0 Å². The topological polar surface area (TPSA) is 82.2 Å². The molecule has 0 radical (unpaired) electrons. The van der Waals surface area contributed by atoms with Crippen molar-refractivity contribution < 1.29 is 4.79 Å². The minimum absolute atomic E-state index is 0.0492. The molecule has 1 amide bonds. The fourth-order valence-corrected chi connectivity index (χ4v) is 2.74. The highest BCUT2D eigenvalue weighted by Crippen LogP contribution is 2.38. The number of nitrogen functional groups attached to an aromatic ring is 1. The van der Waals surface area contributed by atoms with Gasteiger partial charge in [0, 0.05) is 24.7 Å². The van der Waals surface area contributed by atoms with Gasteiger partial charge >= 0.3 is 0 Å². The van der Waals surface area contributed by atoms with Crippen molar-refractivity contribution in [2.24, 2.45) is 0 Å². The van der Waals surface area contributed by atoms with Crippen molar-refractivity contribution in [3.05, 3.63) is 17.7 Å². The standard InChI is InChI=1S/C15H18N4O/c16-6-1-7-19(11-3-4-11)14-8-10-2-5-15(20)18-13(10)9-12(14)17/h8-9,11H,1-5,7,17H2,(H,18,20). The monoisotopic (exact) mass is 270 g/mol. The van der Waals surface area contributed by atoms with Crippen molar-refractivity contribution in [1.82, 2.24) is 0 Å². The summed E-state index contributed by atoms with van der Waals surface area (Å²) in [6.45, 7) is 0.719. The summed E-state index contributed by atoms with van der Waals surface area (Å²) in [5.74, 6) is 0.0492. The Kier molecular flexibility index (Phi) is 3.23. The van der Waals surface area contributed by atoms with Crippen LogP contribution in [-0.4, -0.2) is 18.5 Å². The molecular formula is C15H18N4O. The first-order chi connectivity index (χ1) is 9.69. The highest BCUT2D eigenvalue weighted by Gasteiger charge is 2.30. The normalized spacial score (nSPS) is 17.1. The predicted octanol–water partition coefficient (Wildman–Crippen LogP) is 2.04. The van der Waals surface area contributed by atoms with E-state index < -0.39 is 0 Å². The first-order valence-electron chi connectivity index (χ1n) is 7.05. The van der Waals surface area contributed by atoms with Gasteiger partial charge in [-0.2, -0.15) is 5.26 Å². The lowest BCUT2D eigenvalue weighted by atomic mass is 10.0. The Morgan fingerprint density at radius 2 is 2.20 bits per heavy atom. The molecule has 20 heavy (non-hydrogen) atoms. The molecule has 1 heterocycles. The van der Waals surface area contributed by atoms with Gasteiger partial charge < -0.3 is 16.0 Å². The maximum Gasteiger partial charge on any atom is 0.224 e. The maximum absolute atomic E-state index is 11.4. The number of anilines is 3. The van der Waals surface area contributed by atoms with Crippen LogP contribution in [0, 0.1) is 11.3 Å². The molecule has 0 atom stereocenters. The van der Waals surface area contributed by atoms with Crippen molar-refractivity contribution in [3.63, 3.8) is 0 Å². The molecule has 1 aliphatic carbocycles. The molecule has 0 bridgehead atoms. The van der Waals surface area contributed by atoms with E-state index in [1.54, 1.807) is 0 Å². The van der Waals surface area contributed by atoms with E-state index in [4.69, 9.17) is 11.0 Å². The van der Waals surface area contributed by atoms with E-state index in [1.807, 2.05) is 6.07 Å². The fraction of sp³-hybridized carbons (Fsp3) is 0.467. The summed E-state index contributed by atoms with van der Waals surface area (Å²) >= 11 is 0. The largest absolute Gasteiger partial charge is 0.397 e. The molecule has 5 heteroatoms. The minimum Gasteiger partial charge on any atom is -0.397 e. The smallest absolute Gasteiger partial charge is 0.224 e. The van der Waals surface area contributed by atoms with Gasteiger partial charge in [0.15, 0.2) is 0 Å². The Morgan fingerprint density at radius 3 is 2.90 bits per heavy atom. The zero-order valence-electron chi connectivity index (χ0n) is 11.4. The summed E-state index contributed by atoms with van der Waals surface area (Å²) < 4.78 is 0. The van der Waals surface area contributed by atoms with E-state index in [9.17, 15) is 4.79 Å². The van der Waals surface area contributed by atoms with Crippen LogP contribution in [0.2, 0.25) is 0 Å². The van der Waals surface area contributed by atoms with Crippen LogP contribution < -0.4 is 16.0 Å². The number of carbonyl (C=O) groups is 1. The average molecular weight is 270 g/mol. The number of hydrogen-bond acceptors (Lipinski definition) is 4. The van der Waals surface area contributed by atoms with Gasteiger partial charge in [0.25, 0.3) is 0 Å². The summed E-state index contributed by atoms with van der Waals surface area (Å²) in [5.41, 5.74) is 9.81. The Hall–Kier alpha value is -2.22. The van der Waals surface area contributed by atoms with E-state index in [-0.39, 0.29) is 5.91 Å². The summed E-state index contributed by atoms with van der Waals surface area (Å²) in [7, 11) is 0.